The highest BCUT2D eigenvalue weighted by Gasteiger charge is 2.33. The van der Waals surface area contributed by atoms with Gasteiger partial charge in [0.25, 0.3) is 0 Å². The number of aryl methyl sites for hydroxylation is 1. The minimum atomic E-state index is -4.87. The maximum absolute atomic E-state index is 12.4. The summed E-state index contributed by atoms with van der Waals surface area (Å²) in [6.07, 6.45) is -4.15. The molecule has 1 aromatic carbocycles. The van der Waals surface area contributed by atoms with Crippen molar-refractivity contribution in [1.82, 2.24) is 0 Å². The minimum Gasteiger partial charge on any atom is -0.406 e. The smallest absolute Gasteiger partial charge is 0.406 e. The highest BCUT2D eigenvalue weighted by atomic mass is 79.9. The van der Waals surface area contributed by atoms with Crippen LogP contribution in [0.5, 0.6) is 5.75 Å². The fourth-order valence-corrected chi connectivity index (χ4v) is 2.39. The molecule has 0 aliphatic heterocycles. The van der Waals surface area contributed by atoms with Crippen LogP contribution < -0.4 is 4.74 Å². The van der Waals surface area contributed by atoms with Gasteiger partial charge in [0.05, 0.1) is 0 Å². The van der Waals surface area contributed by atoms with Gasteiger partial charge in [-0.2, -0.15) is 13.2 Å². The molecule has 0 aliphatic carbocycles. The molecule has 0 N–H and O–H groups in total. The minimum absolute atomic E-state index is 0.118. The van der Waals surface area contributed by atoms with E-state index in [1.807, 2.05) is 0 Å². The first kappa shape index (κ1) is 17.5. The van der Waals surface area contributed by atoms with Gasteiger partial charge < -0.3 is 4.74 Å². The summed E-state index contributed by atoms with van der Waals surface area (Å²) in [6, 6.07) is 2.85. The summed E-state index contributed by atoms with van der Waals surface area (Å²) >= 11 is 2.77. The summed E-state index contributed by atoms with van der Waals surface area (Å²) in [6.45, 7) is 0. The molecule has 9 heteroatoms. The Balaban J connectivity index is 2.99. The van der Waals surface area contributed by atoms with Gasteiger partial charge in [-0.05, 0) is 48.4 Å². The summed E-state index contributed by atoms with van der Waals surface area (Å²) in [4.78, 5) is -0.118. The second kappa shape index (κ2) is 6.93. The number of rotatable bonds is 5. The van der Waals surface area contributed by atoms with Crippen molar-refractivity contribution >= 4 is 27.7 Å². The zero-order chi connectivity index (χ0) is 15.4. The molecule has 114 valence electrons. The van der Waals surface area contributed by atoms with Crippen LogP contribution in [-0.4, -0.2) is 17.2 Å². The van der Waals surface area contributed by atoms with E-state index >= 15 is 0 Å². The van der Waals surface area contributed by atoms with E-state index in [4.69, 9.17) is 0 Å². The van der Waals surface area contributed by atoms with E-state index in [2.05, 4.69) is 20.7 Å². The van der Waals surface area contributed by atoms with Crippen LogP contribution >= 0.6 is 27.7 Å². The van der Waals surface area contributed by atoms with Crippen molar-refractivity contribution in [2.45, 2.75) is 29.6 Å². The van der Waals surface area contributed by atoms with E-state index in [0.29, 0.717) is 11.8 Å². The molecule has 0 heterocycles. The number of ether oxygens (including phenoxy) is 1. The van der Waals surface area contributed by atoms with Crippen LogP contribution in [0.25, 0.3) is 0 Å². The van der Waals surface area contributed by atoms with Crippen molar-refractivity contribution in [3.63, 3.8) is 0 Å². The lowest BCUT2D eigenvalue weighted by molar-refractivity contribution is -0.274. The Morgan fingerprint density at radius 2 is 1.75 bits per heavy atom. The zero-order valence-electron chi connectivity index (χ0n) is 9.82. The average molecular weight is 383 g/mol. The van der Waals surface area contributed by atoms with Crippen LogP contribution in [0.2, 0.25) is 0 Å². The first-order valence-electron chi connectivity index (χ1n) is 5.31. The summed E-state index contributed by atoms with van der Waals surface area (Å²) in [5.41, 5.74) is -4.32. The molecular weight excluding hydrogens is 374 g/mol. The molecule has 0 spiro atoms. The highest BCUT2D eigenvalue weighted by Crippen LogP contribution is 2.40. The van der Waals surface area contributed by atoms with Crippen molar-refractivity contribution in [3.8, 4) is 5.75 Å². The molecule has 0 aromatic heterocycles. The third kappa shape index (κ3) is 6.74. The standard InChI is InChI=1S/C11H9BrF6OS/c12-5-1-2-7-6-8(19-10(13,14)15)3-4-9(7)20-11(16,17)18/h3-4,6H,1-2,5H2. The van der Waals surface area contributed by atoms with Crippen molar-refractivity contribution in [3.05, 3.63) is 23.8 Å². The number of thioether (sulfide) groups is 1. The van der Waals surface area contributed by atoms with Crippen molar-refractivity contribution in [2.24, 2.45) is 0 Å². The number of hydrogen-bond donors (Lipinski definition) is 0. The van der Waals surface area contributed by atoms with E-state index in [0.717, 1.165) is 18.2 Å². The van der Waals surface area contributed by atoms with Crippen molar-refractivity contribution < 1.29 is 31.1 Å². The van der Waals surface area contributed by atoms with E-state index in [1.54, 1.807) is 0 Å². The number of benzene rings is 1. The fraction of sp³-hybridized carbons (Fsp3) is 0.455. The quantitative estimate of drug-likeness (QED) is 0.376. The first-order valence-corrected chi connectivity index (χ1v) is 7.25. The predicted octanol–water partition coefficient (Wildman–Crippen LogP) is 5.52. The molecule has 0 fully saturated rings. The van der Waals surface area contributed by atoms with Crippen LogP contribution in [0.15, 0.2) is 23.1 Å². The van der Waals surface area contributed by atoms with Gasteiger partial charge >= 0.3 is 11.9 Å². The topological polar surface area (TPSA) is 9.23 Å². The maximum atomic E-state index is 12.4. The van der Waals surface area contributed by atoms with E-state index in [-0.39, 0.29) is 28.6 Å². The molecule has 20 heavy (non-hydrogen) atoms. The lowest BCUT2D eigenvalue weighted by atomic mass is 10.1. The van der Waals surface area contributed by atoms with Gasteiger partial charge in [0, 0.05) is 10.2 Å². The molecule has 1 nitrogen and oxygen atoms in total. The van der Waals surface area contributed by atoms with Gasteiger partial charge in [-0.3, -0.25) is 0 Å². The van der Waals surface area contributed by atoms with E-state index in [9.17, 15) is 26.3 Å². The molecule has 0 atom stereocenters. The van der Waals surface area contributed by atoms with Gasteiger partial charge in [0.2, 0.25) is 0 Å². The molecule has 1 rings (SSSR count). The predicted molar refractivity (Wildman–Crippen MR) is 67.2 cm³/mol. The SMILES string of the molecule is FC(F)(F)Oc1ccc(SC(F)(F)F)c(CCCBr)c1. The van der Waals surface area contributed by atoms with Gasteiger partial charge in [0.1, 0.15) is 5.75 Å². The molecule has 0 saturated carbocycles. The third-order valence-electron chi connectivity index (χ3n) is 2.07. The molecule has 0 aliphatic rings. The van der Waals surface area contributed by atoms with Gasteiger partial charge in [-0.15, -0.1) is 13.2 Å². The largest absolute Gasteiger partial charge is 0.573 e. The molecule has 0 unspecified atom stereocenters. The molecule has 1 aromatic rings. The fourth-order valence-electron chi connectivity index (χ4n) is 1.43. The molecule has 0 saturated heterocycles. The Hall–Kier alpha value is -0.570. The van der Waals surface area contributed by atoms with Crippen LogP contribution in [0, 0.1) is 0 Å². The van der Waals surface area contributed by atoms with E-state index < -0.39 is 17.6 Å². The van der Waals surface area contributed by atoms with Gasteiger partial charge in [0.15, 0.2) is 0 Å². The summed E-state index contributed by atoms with van der Waals surface area (Å²) in [7, 11) is 0. The monoisotopic (exact) mass is 382 g/mol. The Kier molecular flexibility index (Phi) is 6.06. The van der Waals surface area contributed by atoms with Crippen LogP contribution in [0.4, 0.5) is 26.3 Å². The van der Waals surface area contributed by atoms with Gasteiger partial charge in [-0.1, -0.05) is 15.9 Å². The number of hydrogen-bond acceptors (Lipinski definition) is 2. The van der Waals surface area contributed by atoms with Gasteiger partial charge in [-0.25, -0.2) is 0 Å². The Morgan fingerprint density at radius 3 is 2.25 bits per heavy atom. The van der Waals surface area contributed by atoms with Crippen LogP contribution in [0.1, 0.15) is 12.0 Å². The van der Waals surface area contributed by atoms with Crippen LogP contribution in [0.3, 0.4) is 0 Å². The second-order valence-corrected chi connectivity index (χ2v) is 5.56. The number of alkyl halides is 7. The first-order chi connectivity index (χ1) is 9.11. The second-order valence-electron chi connectivity index (χ2n) is 3.66. The van der Waals surface area contributed by atoms with Crippen molar-refractivity contribution in [2.75, 3.05) is 5.33 Å². The Morgan fingerprint density at radius 1 is 1.10 bits per heavy atom. The lowest BCUT2D eigenvalue weighted by Crippen LogP contribution is -2.17. The Labute approximate surface area is 123 Å². The summed E-state index contributed by atoms with van der Waals surface area (Å²) < 4.78 is 77.0. The summed E-state index contributed by atoms with van der Waals surface area (Å²) in [5, 5.41) is 0.535. The van der Waals surface area contributed by atoms with Crippen LogP contribution in [-0.2, 0) is 6.42 Å². The van der Waals surface area contributed by atoms with Crippen molar-refractivity contribution in [1.29, 1.82) is 0 Å². The molecule has 0 amide bonds. The molecule has 0 radical (unpaired) electrons. The van der Waals surface area contributed by atoms with E-state index in [1.165, 1.54) is 0 Å². The average Bonchev–Trinajstić information content (AvgIpc) is 2.25. The highest BCUT2D eigenvalue weighted by molar-refractivity contribution is 9.09. The molecular formula is C11H9BrF6OS. The zero-order valence-corrected chi connectivity index (χ0v) is 12.2. The third-order valence-corrected chi connectivity index (χ3v) is 3.48. The Bertz CT molecular complexity index is 446. The normalized spacial score (nSPS) is 12.6. The maximum Gasteiger partial charge on any atom is 0.573 e. The summed E-state index contributed by atoms with van der Waals surface area (Å²) in [5.74, 6) is -0.520. The molecule has 0 bridgehead atoms. The number of halogens is 7. The lowest BCUT2D eigenvalue weighted by Gasteiger charge is -2.14.